The molecular formula is C12H14BrNO2. The average molecular weight is 284 g/mol. The van der Waals surface area contributed by atoms with Gasteiger partial charge in [0.25, 0.3) is 0 Å². The summed E-state index contributed by atoms with van der Waals surface area (Å²) in [6, 6.07) is 3.54. The van der Waals surface area contributed by atoms with Crippen LogP contribution in [0.25, 0.3) is 0 Å². The van der Waals surface area contributed by atoms with E-state index in [1.165, 1.54) is 0 Å². The molecule has 4 heteroatoms. The summed E-state index contributed by atoms with van der Waals surface area (Å²) in [6.07, 6.45) is 3.22. The first-order valence-corrected chi connectivity index (χ1v) is 6.14. The number of nitrogens with two attached hydrogens (primary N) is 1. The Bertz CT molecular complexity index is 427. The van der Waals surface area contributed by atoms with E-state index in [1.54, 1.807) is 12.1 Å². The number of hydrogen-bond acceptors (Lipinski definition) is 3. The van der Waals surface area contributed by atoms with Crippen molar-refractivity contribution >= 4 is 27.6 Å². The highest BCUT2D eigenvalue weighted by Gasteiger charge is 2.23. The van der Waals surface area contributed by atoms with Crippen LogP contribution in [0.3, 0.4) is 0 Å². The Hall–Kier alpha value is -1.03. The van der Waals surface area contributed by atoms with Crippen LogP contribution in [-0.4, -0.2) is 12.1 Å². The van der Waals surface area contributed by atoms with E-state index < -0.39 is 0 Å². The smallest absolute Gasteiger partial charge is 0.338 e. The minimum absolute atomic E-state index is 0.104. The average Bonchev–Trinajstić information content (AvgIpc) is 2.17. The van der Waals surface area contributed by atoms with Crippen molar-refractivity contribution in [3.63, 3.8) is 0 Å². The topological polar surface area (TPSA) is 52.3 Å². The van der Waals surface area contributed by atoms with Crippen molar-refractivity contribution in [2.45, 2.75) is 32.3 Å². The summed E-state index contributed by atoms with van der Waals surface area (Å²) in [5.41, 5.74) is 7.74. The lowest BCUT2D eigenvalue weighted by molar-refractivity contribution is 0.00893. The molecule has 1 aromatic rings. The number of nitrogen functional groups attached to an aromatic ring is 1. The molecule has 1 aliphatic rings. The second-order valence-corrected chi connectivity index (χ2v) is 5.04. The van der Waals surface area contributed by atoms with Crippen molar-refractivity contribution < 1.29 is 9.53 Å². The first kappa shape index (κ1) is 11.5. The van der Waals surface area contributed by atoms with E-state index in [9.17, 15) is 4.79 Å². The predicted molar refractivity (Wildman–Crippen MR) is 66.3 cm³/mol. The quantitative estimate of drug-likeness (QED) is 0.670. The minimum Gasteiger partial charge on any atom is -0.459 e. The molecule has 0 heterocycles. The van der Waals surface area contributed by atoms with Crippen molar-refractivity contribution in [2.75, 3.05) is 5.73 Å². The maximum absolute atomic E-state index is 11.9. The Labute approximate surface area is 103 Å². The van der Waals surface area contributed by atoms with Crippen molar-refractivity contribution in [2.24, 2.45) is 0 Å². The fourth-order valence-electron chi connectivity index (χ4n) is 1.62. The molecule has 16 heavy (non-hydrogen) atoms. The Morgan fingerprint density at radius 3 is 2.75 bits per heavy atom. The summed E-state index contributed by atoms with van der Waals surface area (Å²) in [4.78, 5) is 11.9. The number of carbonyl (C=O) groups excluding carboxylic acids is 1. The van der Waals surface area contributed by atoms with Crippen molar-refractivity contribution in [3.05, 3.63) is 27.7 Å². The Balaban J connectivity index is 2.21. The third kappa shape index (κ3) is 2.21. The van der Waals surface area contributed by atoms with Gasteiger partial charge in [-0.25, -0.2) is 4.79 Å². The Morgan fingerprint density at radius 2 is 2.19 bits per heavy atom. The third-order valence-corrected chi connectivity index (χ3v) is 3.42. The number of halogens is 1. The zero-order chi connectivity index (χ0) is 11.7. The van der Waals surface area contributed by atoms with E-state index in [2.05, 4.69) is 15.9 Å². The van der Waals surface area contributed by atoms with Gasteiger partial charge in [0.1, 0.15) is 6.10 Å². The number of ether oxygens (including phenoxy) is 1. The summed E-state index contributed by atoms with van der Waals surface area (Å²) >= 11 is 3.32. The lowest BCUT2D eigenvalue weighted by Gasteiger charge is -2.25. The number of hydrogen-bond donors (Lipinski definition) is 1. The second-order valence-electron chi connectivity index (χ2n) is 4.13. The molecule has 1 aromatic carbocycles. The molecule has 1 aliphatic carbocycles. The zero-order valence-corrected chi connectivity index (χ0v) is 10.7. The summed E-state index contributed by atoms with van der Waals surface area (Å²) in [5, 5.41) is 0. The van der Waals surface area contributed by atoms with Gasteiger partial charge >= 0.3 is 5.97 Å². The molecule has 0 saturated heterocycles. The normalized spacial score (nSPS) is 15.6. The van der Waals surface area contributed by atoms with Gasteiger partial charge in [-0.15, -0.1) is 0 Å². The fraction of sp³-hybridized carbons (Fsp3) is 0.417. The number of rotatable bonds is 2. The minimum atomic E-state index is -0.268. The first-order valence-electron chi connectivity index (χ1n) is 5.34. The Kier molecular flexibility index (Phi) is 3.19. The maximum Gasteiger partial charge on any atom is 0.338 e. The molecule has 2 rings (SSSR count). The van der Waals surface area contributed by atoms with Crippen molar-refractivity contribution in [3.8, 4) is 0 Å². The molecule has 1 saturated carbocycles. The van der Waals surface area contributed by atoms with Crippen LogP contribution in [0, 0.1) is 6.92 Å². The van der Waals surface area contributed by atoms with Crippen LogP contribution in [0.1, 0.15) is 35.2 Å². The molecule has 3 nitrogen and oxygen atoms in total. The van der Waals surface area contributed by atoms with Gasteiger partial charge in [-0.05, 0) is 43.9 Å². The lowest BCUT2D eigenvalue weighted by Crippen LogP contribution is -2.25. The van der Waals surface area contributed by atoms with E-state index in [1.807, 2.05) is 6.92 Å². The molecule has 0 aromatic heterocycles. The molecular weight excluding hydrogens is 270 g/mol. The number of carbonyl (C=O) groups is 1. The Morgan fingerprint density at radius 1 is 1.50 bits per heavy atom. The highest BCUT2D eigenvalue weighted by molar-refractivity contribution is 9.10. The second kappa shape index (κ2) is 4.45. The van der Waals surface area contributed by atoms with Crippen LogP contribution in [0.2, 0.25) is 0 Å². The van der Waals surface area contributed by atoms with Crippen LogP contribution in [0.5, 0.6) is 0 Å². The SMILES string of the molecule is Cc1c(N)cc(Br)cc1C(=O)OC1CCC1. The van der Waals surface area contributed by atoms with Crippen molar-refractivity contribution in [1.29, 1.82) is 0 Å². The molecule has 0 unspecified atom stereocenters. The molecule has 0 atom stereocenters. The highest BCUT2D eigenvalue weighted by atomic mass is 79.9. The molecule has 0 spiro atoms. The number of esters is 1. The summed E-state index contributed by atoms with van der Waals surface area (Å²) in [6.45, 7) is 1.83. The van der Waals surface area contributed by atoms with Crippen LogP contribution in [-0.2, 0) is 4.74 Å². The standard InChI is InChI=1S/C12H14BrNO2/c1-7-10(5-8(13)6-11(7)14)12(15)16-9-3-2-4-9/h5-6,9H,2-4,14H2,1H3. The third-order valence-electron chi connectivity index (χ3n) is 2.96. The van der Waals surface area contributed by atoms with Gasteiger partial charge in [0, 0.05) is 10.2 Å². The molecule has 2 N–H and O–H groups in total. The van der Waals surface area contributed by atoms with E-state index in [4.69, 9.17) is 10.5 Å². The van der Waals surface area contributed by atoms with E-state index >= 15 is 0 Å². The van der Waals surface area contributed by atoms with E-state index in [-0.39, 0.29) is 12.1 Å². The molecule has 86 valence electrons. The van der Waals surface area contributed by atoms with Gasteiger partial charge in [0.15, 0.2) is 0 Å². The summed E-state index contributed by atoms with van der Waals surface area (Å²) in [5.74, 6) is -0.268. The fourth-order valence-corrected chi connectivity index (χ4v) is 2.09. The zero-order valence-electron chi connectivity index (χ0n) is 9.13. The summed E-state index contributed by atoms with van der Waals surface area (Å²) in [7, 11) is 0. The van der Waals surface area contributed by atoms with Crippen molar-refractivity contribution in [1.82, 2.24) is 0 Å². The van der Waals surface area contributed by atoms with Gasteiger partial charge < -0.3 is 10.5 Å². The van der Waals surface area contributed by atoms with Gasteiger partial charge in [-0.1, -0.05) is 15.9 Å². The molecule has 0 aliphatic heterocycles. The number of benzene rings is 1. The molecule has 0 amide bonds. The van der Waals surface area contributed by atoms with Crippen LogP contribution >= 0.6 is 15.9 Å². The van der Waals surface area contributed by atoms with Gasteiger partial charge in [-0.2, -0.15) is 0 Å². The number of anilines is 1. The monoisotopic (exact) mass is 283 g/mol. The summed E-state index contributed by atoms with van der Waals surface area (Å²) < 4.78 is 6.15. The molecule has 0 bridgehead atoms. The van der Waals surface area contributed by atoms with E-state index in [0.29, 0.717) is 11.3 Å². The lowest BCUT2D eigenvalue weighted by atomic mass is 9.96. The van der Waals surface area contributed by atoms with Gasteiger partial charge in [0.2, 0.25) is 0 Å². The largest absolute Gasteiger partial charge is 0.459 e. The van der Waals surface area contributed by atoms with Gasteiger partial charge in [0.05, 0.1) is 5.56 Å². The van der Waals surface area contributed by atoms with Crippen LogP contribution in [0.4, 0.5) is 5.69 Å². The maximum atomic E-state index is 11.9. The van der Waals surface area contributed by atoms with E-state index in [0.717, 1.165) is 29.3 Å². The van der Waals surface area contributed by atoms with Crippen LogP contribution < -0.4 is 5.73 Å². The first-order chi connectivity index (χ1) is 7.58. The highest BCUT2D eigenvalue weighted by Crippen LogP contribution is 2.27. The van der Waals surface area contributed by atoms with Crippen LogP contribution in [0.15, 0.2) is 16.6 Å². The predicted octanol–water partition coefficient (Wildman–Crippen LogP) is 3.05. The molecule has 1 fully saturated rings. The molecule has 0 radical (unpaired) electrons. The van der Waals surface area contributed by atoms with Gasteiger partial charge in [-0.3, -0.25) is 0 Å².